The molecule has 1 N–H and O–H groups in total. The first-order chi connectivity index (χ1) is 7.67. The van der Waals surface area contributed by atoms with Gasteiger partial charge < -0.3 is 5.32 Å². The molecule has 2 rings (SSSR count). The van der Waals surface area contributed by atoms with Crippen LogP contribution in [0.25, 0.3) is 0 Å². The lowest BCUT2D eigenvalue weighted by molar-refractivity contribution is 0.0914. The molecule has 1 saturated carbocycles. The Bertz CT molecular complexity index is 387. The number of halogens is 1. The van der Waals surface area contributed by atoms with Gasteiger partial charge in [0.1, 0.15) is 4.88 Å². The van der Waals surface area contributed by atoms with Gasteiger partial charge in [-0.1, -0.05) is 33.3 Å². The van der Waals surface area contributed by atoms with Crippen molar-refractivity contribution in [3.8, 4) is 0 Å². The Morgan fingerprint density at radius 3 is 2.75 bits per heavy atom. The Balaban J connectivity index is 2.09. The van der Waals surface area contributed by atoms with Crippen LogP contribution in [0, 0.1) is 6.92 Å². The molecule has 1 heterocycles. The minimum atomic E-state index is -0.0620. The molecule has 1 aliphatic rings. The molecule has 1 amide bonds. The van der Waals surface area contributed by atoms with Crippen molar-refractivity contribution in [3.63, 3.8) is 0 Å². The summed E-state index contributed by atoms with van der Waals surface area (Å²) in [5, 5.41) is 7.80. The number of hydrogen-bond donors (Lipinski definition) is 1. The summed E-state index contributed by atoms with van der Waals surface area (Å²) < 4.78 is 3.79. The molecule has 1 aliphatic carbocycles. The van der Waals surface area contributed by atoms with Crippen LogP contribution in [-0.4, -0.2) is 26.4 Å². The molecule has 16 heavy (non-hydrogen) atoms. The van der Waals surface area contributed by atoms with Gasteiger partial charge in [-0.15, -0.1) is 5.10 Å². The molecule has 0 aromatic carbocycles. The molecule has 0 spiro atoms. The monoisotopic (exact) mass is 303 g/mol. The molecule has 0 aliphatic heterocycles. The second-order valence-electron chi connectivity index (χ2n) is 4.26. The van der Waals surface area contributed by atoms with Crippen molar-refractivity contribution in [2.75, 3.05) is 5.33 Å². The predicted octanol–water partition coefficient (Wildman–Crippen LogP) is 2.28. The Hall–Kier alpha value is -0.490. The van der Waals surface area contributed by atoms with Gasteiger partial charge in [0, 0.05) is 5.33 Å². The zero-order valence-corrected chi connectivity index (χ0v) is 11.5. The minimum Gasteiger partial charge on any atom is -0.345 e. The van der Waals surface area contributed by atoms with Gasteiger partial charge in [-0.05, 0) is 31.3 Å². The van der Waals surface area contributed by atoms with Crippen molar-refractivity contribution >= 4 is 33.4 Å². The molecule has 0 bridgehead atoms. The maximum Gasteiger partial charge on any atom is 0.265 e. The number of aromatic nitrogens is 2. The van der Waals surface area contributed by atoms with E-state index in [-0.39, 0.29) is 11.4 Å². The Morgan fingerprint density at radius 1 is 1.56 bits per heavy atom. The lowest BCUT2D eigenvalue weighted by Crippen LogP contribution is -2.47. The van der Waals surface area contributed by atoms with Crippen molar-refractivity contribution in [3.05, 3.63) is 10.6 Å². The van der Waals surface area contributed by atoms with Gasteiger partial charge in [0.2, 0.25) is 0 Å². The Labute approximate surface area is 107 Å². The van der Waals surface area contributed by atoms with Crippen LogP contribution in [0.4, 0.5) is 0 Å². The number of hydrogen-bond acceptors (Lipinski definition) is 4. The third-order valence-corrected chi connectivity index (χ3v) is 4.95. The molecular formula is C10H14BrN3OS. The van der Waals surface area contributed by atoms with Crippen LogP contribution in [0.3, 0.4) is 0 Å². The van der Waals surface area contributed by atoms with E-state index < -0.39 is 0 Å². The van der Waals surface area contributed by atoms with Gasteiger partial charge >= 0.3 is 0 Å². The second-order valence-corrected chi connectivity index (χ2v) is 5.58. The highest BCUT2D eigenvalue weighted by atomic mass is 79.9. The fraction of sp³-hybridized carbons (Fsp3) is 0.700. The van der Waals surface area contributed by atoms with Crippen molar-refractivity contribution in [2.24, 2.45) is 0 Å². The zero-order valence-electron chi connectivity index (χ0n) is 9.12. The number of carbonyl (C=O) groups is 1. The van der Waals surface area contributed by atoms with Gasteiger partial charge in [-0.2, -0.15) is 0 Å². The maximum absolute atomic E-state index is 12.0. The molecule has 0 unspecified atom stereocenters. The summed E-state index contributed by atoms with van der Waals surface area (Å²) in [7, 11) is 0. The standard InChI is InChI=1S/C10H14BrN3OS/c1-7-8(16-14-13-7)9(15)12-10(6-11)4-2-3-5-10/h2-6H2,1H3,(H,12,15). The maximum atomic E-state index is 12.0. The fourth-order valence-corrected chi connectivity index (χ4v) is 3.33. The van der Waals surface area contributed by atoms with E-state index in [4.69, 9.17) is 0 Å². The SMILES string of the molecule is Cc1nnsc1C(=O)NC1(CBr)CCCC1. The summed E-state index contributed by atoms with van der Waals surface area (Å²) in [6, 6.07) is 0. The van der Waals surface area contributed by atoms with E-state index >= 15 is 0 Å². The van der Waals surface area contributed by atoms with E-state index in [0.29, 0.717) is 10.6 Å². The molecule has 1 fully saturated rings. The summed E-state index contributed by atoms with van der Waals surface area (Å²) in [6.45, 7) is 1.81. The average Bonchev–Trinajstić information content (AvgIpc) is 2.87. The largest absolute Gasteiger partial charge is 0.345 e. The normalized spacial score (nSPS) is 18.6. The topological polar surface area (TPSA) is 54.9 Å². The summed E-state index contributed by atoms with van der Waals surface area (Å²) in [5.74, 6) is -0.0335. The van der Waals surface area contributed by atoms with E-state index in [2.05, 4.69) is 30.8 Å². The molecule has 0 radical (unpaired) electrons. The van der Waals surface area contributed by atoms with Crippen LogP contribution in [0.1, 0.15) is 41.0 Å². The molecule has 4 nitrogen and oxygen atoms in total. The molecule has 88 valence electrons. The number of aryl methyl sites for hydroxylation is 1. The third kappa shape index (κ3) is 2.27. The summed E-state index contributed by atoms with van der Waals surface area (Å²) in [6.07, 6.45) is 4.47. The first kappa shape index (κ1) is 12.0. The van der Waals surface area contributed by atoms with Crippen LogP contribution in [0.15, 0.2) is 0 Å². The Morgan fingerprint density at radius 2 is 2.25 bits per heavy atom. The highest BCUT2D eigenvalue weighted by Gasteiger charge is 2.35. The second kappa shape index (κ2) is 4.79. The number of alkyl halides is 1. The molecule has 1 aromatic rings. The lowest BCUT2D eigenvalue weighted by atomic mass is 10.0. The van der Waals surface area contributed by atoms with Crippen LogP contribution >= 0.6 is 27.5 Å². The Kier molecular flexibility index (Phi) is 3.59. The smallest absolute Gasteiger partial charge is 0.265 e. The van der Waals surface area contributed by atoms with Crippen molar-refractivity contribution in [1.29, 1.82) is 0 Å². The fourth-order valence-electron chi connectivity index (χ4n) is 2.08. The van der Waals surface area contributed by atoms with Gasteiger partial charge in [-0.3, -0.25) is 4.79 Å². The molecule has 6 heteroatoms. The van der Waals surface area contributed by atoms with Crippen LogP contribution < -0.4 is 5.32 Å². The van der Waals surface area contributed by atoms with Crippen molar-refractivity contribution in [2.45, 2.75) is 38.1 Å². The summed E-state index contributed by atoms with van der Waals surface area (Å²) in [5.41, 5.74) is 0.651. The first-order valence-electron chi connectivity index (χ1n) is 5.34. The van der Waals surface area contributed by atoms with E-state index in [1.807, 2.05) is 6.92 Å². The molecular weight excluding hydrogens is 290 g/mol. The van der Waals surface area contributed by atoms with Gasteiger partial charge in [-0.25, -0.2) is 0 Å². The summed E-state index contributed by atoms with van der Waals surface area (Å²) in [4.78, 5) is 12.7. The highest BCUT2D eigenvalue weighted by molar-refractivity contribution is 9.09. The van der Waals surface area contributed by atoms with Crippen molar-refractivity contribution < 1.29 is 4.79 Å². The van der Waals surface area contributed by atoms with Crippen molar-refractivity contribution in [1.82, 2.24) is 14.9 Å². The average molecular weight is 304 g/mol. The third-order valence-electron chi connectivity index (χ3n) is 3.05. The molecule has 0 atom stereocenters. The zero-order chi connectivity index (χ0) is 11.6. The van der Waals surface area contributed by atoms with Crippen LogP contribution in [0.2, 0.25) is 0 Å². The van der Waals surface area contributed by atoms with Crippen LogP contribution in [-0.2, 0) is 0 Å². The quantitative estimate of drug-likeness (QED) is 0.872. The number of nitrogens with zero attached hydrogens (tertiary/aromatic N) is 2. The van der Waals surface area contributed by atoms with Gasteiger partial charge in [0.15, 0.2) is 0 Å². The number of amides is 1. The number of carbonyl (C=O) groups excluding carboxylic acids is 1. The lowest BCUT2D eigenvalue weighted by Gasteiger charge is -2.27. The summed E-state index contributed by atoms with van der Waals surface area (Å²) >= 11 is 4.66. The van der Waals surface area contributed by atoms with E-state index in [0.717, 1.165) is 29.7 Å². The van der Waals surface area contributed by atoms with Crippen LogP contribution in [0.5, 0.6) is 0 Å². The highest BCUT2D eigenvalue weighted by Crippen LogP contribution is 2.31. The van der Waals surface area contributed by atoms with E-state index in [9.17, 15) is 4.79 Å². The molecule has 1 aromatic heterocycles. The number of rotatable bonds is 3. The predicted molar refractivity (Wildman–Crippen MR) is 67.1 cm³/mol. The number of nitrogens with one attached hydrogen (secondary N) is 1. The van der Waals surface area contributed by atoms with E-state index in [1.54, 1.807) is 0 Å². The van der Waals surface area contributed by atoms with E-state index in [1.165, 1.54) is 12.8 Å². The minimum absolute atomic E-state index is 0.0335. The van der Waals surface area contributed by atoms with Gasteiger partial charge in [0.05, 0.1) is 11.2 Å². The van der Waals surface area contributed by atoms with Gasteiger partial charge in [0.25, 0.3) is 5.91 Å². The molecule has 0 saturated heterocycles. The first-order valence-corrected chi connectivity index (χ1v) is 7.24.